The van der Waals surface area contributed by atoms with Crippen LogP contribution in [0.4, 0.5) is 11.8 Å². The fourth-order valence-corrected chi connectivity index (χ4v) is 3.78. The molecule has 3 rings (SSSR count). The predicted molar refractivity (Wildman–Crippen MR) is 112 cm³/mol. The van der Waals surface area contributed by atoms with Gasteiger partial charge in [-0.1, -0.05) is 0 Å². The molecular weight excluding hydrogens is 364 g/mol. The van der Waals surface area contributed by atoms with Gasteiger partial charge in [0.15, 0.2) is 11.5 Å². The molecule has 0 radical (unpaired) electrons. The Morgan fingerprint density at radius 2 is 1.89 bits per heavy atom. The number of nitrogens with two attached hydrogens (primary N) is 1. The SMILES string of the molecule is CNc1nc(N2CCC(CCNSN)CC2)c2cc(OC)c(OC)cc2n1. The van der Waals surface area contributed by atoms with Crippen LogP contribution in [0.25, 0.3) is 10.9 Å². The molecular formula is C18H28N6O2S. The fourth-order valence-electron chi connectivity index (χ4n) is 3.55. The molecule has 0 spiro atoms. The van der Waals surface area contributed by atoms with Crippen LogP contribution in [0.3, 0.4) is 0 Å². The van der Waals surface area contributed by atoms with Crippen LogP contribution in [-0.2, 0) is 0 Å². The first-order valence-electron chi connectivity index (χ1n) is 9.15. The molecule has 1 fully saturated rings. The third kappa shape index (κ3) is 4.48. The van der Waals surface area contributed by atoms with E-state index in [1.54, 1.807) is 14.2 Å². The maximum Gasteiger partial charge on any atom is 0.224 e. The molecule has 2 heterocycles. The van der Waals surface area contributed by atoms with E-state index in [4.69, 9.17) is 19.6 Å². The number of hydrogen-bond donors (Lipinski definition) is 3. The van der Waals surface area contributed by atoms with Crippen molar-refractivity contribution in [2.75, 3.05) is 51.1 Å². The Morgan fingerprint density at radius 3 is 2.52 bits per heavy atom. The quantitative estimate of drug-likeness (QED) is 0.462. The van der Waals surface area contributed by atoms with Gasteiger partial charge in [0.1, 0.15) is 5.82 Å². The van der Waals surface area contributed by atoms with Crippen LogP contribution in [0.5, 0.6) is 11.5 Å². The Bertz CT molecular complexity index is 767. The molecule has 1 aromatic heterocycles. The van der Waals surface area contributed by atoms with E-state index in [1.165, 1.54) is 12.1 Å². The van der Waals surface area contributed by atoms with E-state index in [-0.39, 0.29) is 0 Å². The minimum absolute atomic E-state index is 0.607. The lowest BCUT2D eigenvalue weighted by atomic mass is 9.93. The van der Waals surface area contributed by atoms with Crippen LogP contribution in [0, 0.1) is 5.92 Å². The van der Waals surface area contributed by atoms with Gasteiger partial charge in [0.2, 0.25) is 5.95 Å². The predicted octanol–water partition coefficient (Wildman–Crippen LogP) is 2.41. The minimum atomic E-state index is 0.607. The summed E-state index contributed by atoms with van der Waals surface area (Å²) in [6.45, 7) is 2.90. The van der Waals surface area contributed by atoms with E-state index in [1.807, 2.05) is 19.2 Å². The van der Waals surface area contributed by atoms with Gasteiger partial charge in [-0.05, 0) is 31.2 Å². The van der Waals surface area contributed by atoms with Gasteiger partial charge in [-0.2, -0.15) is 4.98 Å². The molecule has 1 aliphatic heterocycles. The van der Waals surface area contributed by atoms with Crippen LogP contribution in [0.15, 0.2) is 12.1 Å². The third-order valence-corrected chi connectivity index (χ3v) is 5.43. The van der Waals surface area contributed by atoms with Crippen molar-refractivity contribution in [3.05, 3.63) is 12.1 Å². The number of anilines is 2. The number of aromatic nitrogens is 2. The first-order valence-corrected chi connectivity index (χ1v) is 10.0. The Kier molecular flexibility index (Phi) is 6.81. The van der Waals surface area contributed by atoms with Gasteiger partial charge >= 0.3 is 0 Å². The monoisotopic (exact) mass is 392 g/mol. The van der Waals surface area contributed by atoms with Gasteiger partial charge in [0.05, 0.1) is 19.7 Å². The highest BCUT2D eigenvalue weighted by Crippen LogP contribution is 2.37. The molecule has 1 aromatic carbocycles. The minimum Gasteiger partial charge on any atom is -0.493 e. The van der Waals surface area contributed by atoms with Crippen LogP contribution in [0.2, 0.25) is 0 Å². The molecule has 0 atom stereocenters. The molecule has 27 heavy (non-hydrogen) atoms. The van der Waals surface area contributed by atoms with Crippen molar-refractivity contribution in [1.29, 1.82) is 0 Å². The van der Waals surface area contributed by atoms with Crippen molar-refractivity contribution in [2.24, 2.45) is 11.1 Å². The van der Waals surface area contributed by atoms with Gasteiger partial charge < -0.3 is 19.7 Å². The molecule has 0 aliphatic carbocycles. The molecule has 0 amide bonds. The smallest absolute Gasteiger partial charge is 0.224 e. The topological polar surface area (TPSA) is 97.6 Å². The van der Waals surface area contributed by atoms with Gasteiger partial charge in [-0.25, -0.2) is 4.98 Å². The van der Waals surface area contributed by atoms with Crippen molar-refractivity contribution in [2.45, 2.75) is 19.3 Å². The number of ether oxygens (including phenoxy) is 2. The van der Waals surface area contributed by atoms with Crippen LogP contribution in [-0.4, -0.2) is 50.9 Å². The summed E-state index contributed by atoms with van der Waals surface area (Å²) in [6, 6.07) is 3.88. The van der Waals surface area contributed by atoms with Gasteiger partial charge in [-0.15, -0.1) is 0 Å². The van der Waals surface area contributed by atoms with Gasteiger partial charge in [0.25, 0.3) is 0 Å². The summed E-state index contributed by atoms with van der Waals surface area (Å²) < 4.78 is 14.0. The number of piperidine rings is 1. The summed E-state index contributed by atoms with van der Waals surface area (Å²) in [5, 5.41) is 9.47. The largest absolute Gasteiger partial charge is 0.493 e. The van der Waals surface area contributed by atoms with Crippen molar-refractivity contribution in [3.63, 3.8) is 0 Å². The van der Waals surface area contributed by atoms with Crippen LogP contribution < -0.4 is 29.6 Å². The van der Waals surface area contributed by atoms with Crippen LogP contribution in [0.1, 0.15) is 19.3 Å². The lowest BCUT2D eigenvalue weighted by Gasteiger charge is -2.33. The second-order valence-corrected chi connectivity index (χ2v) is 7.10. The third-order valence-electron chi connectivity index (χ3n) is 5.06. The summed E-state index contributed by atoms with van der Waals surface area (Å²) in [5.74, 6) is 3.62. The van der Waals surface area contributed by atoms with E-state index in [0.717, 1.165) is 55.6 Å². The molecule has 8 nitrogen and oxygen atoms in total. The van der Waals surface area contributed by atoms with Gasteiger partial charge in [0, 0.05) is 50.3 Å². The highest BCUT2D eigenvalue weighted by molar-refractivity contribution is 7.95. The number of benzene rings is 1. The van der Waals surface area contributed by atoms with Crippen molar-refractivity contribution >= 4 is 34.8 Å². The van der Waals surface area contributed by atoms with Crippen molar-refractivity contribution in [1.82, 2.24) is 14.7 Å². The molecule has 148 valence electrons. The van der Waals surface area contributed by atoms with Gasteiger partial charge in [-0.3, -0.25) is 9.86 Å². The maximum absolute atomic E-state index is 5.48. The maximum atomic E-state index is 5.48. The van der Waals surface area contributed by atoms with Crippen molar-refractivity contribution in [3.8, 4) is 11.5 Å². The Labute approximate surface area is 164 Å². The number of rotatable bonds is 8. The molecule has 0 bridgehead atoms. The highest BCUT2D eigenvalue weighted by Gasteiger charge is 2.23. The lowest BCUT2D eigenvalue weighted by molar-refractivity contribution is 0.355. The molecule has 1 aliphatic rings. The number of hydrogen-bond acceptors (Lipinski definition) is 9. The Balaban J connectivity index is 1.87. The standard InChI is InChI=1S/C18H28N6O2S/c1-20-18-22-14-11-16(26-3)15(25-2)10-13(14)17(23-18)24-8-5-12(6-9-24)4-7-21-27-19/h10-12,21H,4-9,19H2,1-3H3,(H,20,22,23). The molecule has 0 saturated carbocycles. The molecule has 4 N–H and O–H groups in total. The first kappa shape index (κ1) is 19.8. The van der Waals surface area contributed by atoms with E-state index in [9.17, 15) is 0 Å². The lowest BCUT2D eigenvalue weighted by Crippen LogP contribution is -2.35. The molecule has 0 unspecified atom stereocenters. The number of fused-ring (bicyclic) bond motifs is 1. The highest BCUT2D eigenvalue weighted by atomic mass is 32.2. The van der Waals surface area contributed by atoms with Crippen LogP contribution >= 0.6 is 12.1 Å². The van der Waals surface area contributed by atoms with Crippen molar-refractivity contribution < 1.29 is 9.47 Å². The van der Waals surface area contributed by atoms with E-state index in [0.29, 0.717) is 23.4 Å². The van der Waals surface area contributed by atoms with E-state index in [2.05, 4.69) is 19.9 Å². The summed E-state index contributed by atoms with van der Waals surface area (Å²) in [4.78, 5) is 11.7. The summed E-state index contributed by atoms with van der Waals surface area (Å²) >= 11 is 1.19. The number of nitrogens with zero attached hydrogens (tertiary/aromatic N) is 3. The zero-order valence-electron chi connectivity index (χ0n) is 16.1. The second kappa shape index (κ2) is 9.29. The summed E-state index contributed by atoms with van der Waals surface area (Å²) in [5.41, 5.74) is 0.841. The number of methoxy groups -OCH3 is 2. The average molecular weight is 393 g/mol. The summed E-state index contributed by atoms with van der Waals surface area (Å²) in [7, 11) is 5.11. The number of nitrogens with one attached hydrogen (secondary N) is 2. The van der Waals surface area contributed by atoms with E-state index < -0.39 is 0 Å². The Hall–Kier alpha value is -1.97. The zero-order valence-corrected chi connectivity index (χ0v) is 16.9. The van der Waals surface area contributed by atoms with E-state index >= 15 is 0 Å². The molecule has 9 heteroatoms. The Morgan fingerprint density at radius 1 is 1.19 bits per heavy atom. The molecule has 2 aromatic rings. The zero-order chi connectivity index (χ0) is 19.2. The second-order valence-electron chi connectivity index (χ2n) is 6.58. The fraction of sp³-hybridized carbons (Fsp3) is 0.556. The molecule has 1 saturated heterocycles. The average Bonchev–Trinajstić information content (AvgIpc) is 2.72. The normalized spacial score (nSPS) is 15.2. The first-order chi connectivity index (χ1) is 13.2. The summed E-state index contributed by atoms with van der Waals surface area (Å²) in [6.07, 6.45) is 3.44.